The highest BCUT2D eigenvalue weighted by Crippen LogP contribution is 2.44. The topological polar surface area (TPSA) is 124 Å². The molecule has 10 nitrogen and oxygen atoms in total. The summed E-state index contributed by atoms with van der Waals surface area (Å²) < 4.78 is 30.4. The van der Waals surface area contributed by atoms with Crippen LogP contribution in [0.2, 0.25) is 0 Å². The Kier molecular flexibility index (Phi) is 11.7. The van der Waals surface area contributed by atoms with Gasteiger partial charge in [0.05, 0.1) is 45.0 Å². The number of benzene rings is 4. The predicted molar refractivity (Wildman–Crippen MR) is 199 cm³/mol. The van der Waals surface area contributed by atoms with Gasteiger partial charge in [0.2, 0.25) is 0 Å². The maximum atomic E-state index is 14.5. The highest BCUT2D eigenvalue weighted by Gasteiger charge is 2.28. The highest BCUT2D eigenvalue weighted by molar-refractivity contribution is 9.10. The van der Waals surface area contributed by atoms with E-state index in [1.54, 1.807) is 48.5 Å². The minimum atomic E-state index is -0.738. The summed E-state index contributed by atoms with van der Waals surface area (Å²) in [5.41, 5.74) is 8.81. The number of methoxy groups -OCH3 is 4. The summed E-state index contributed by atoms with van der Waals surface area (Å²) in [5, 5.41) is 1.69. The van der Waals surface area contributed by atoms with Gasteiger partial charge in [-0.1, -0.05) is 24.3 Å². The first kappa shape index (κ1) is 36.9. The number of halogens is 3. The van der Waals surface area contributed by atoms with E-state index in [1.165, 1.54) is 33.0 Å². The second-order valence-electron chi connectivity index (χ2n) is 10.5. The number of carbonyl (C=O) groups is 1. The molecule has 0 amide bonds. The molecule has 2 N–H and O–H groups in total. The van der Waals surface area contributed by atoms with Gasteiger partial charge in [-0.3, -0.25) is 9.36 Å². The van der Waals surface area contributed by atoms with Crippen molar-refractivity contribution in [2.75, 3.05) is 34.2 Å². The zero-order valence-corrected chi connectivity index (χ0v) is 30.0. The third kappa shape index (κ3) is 6.96. The third-order valence-electron chi connectivity index (χ3n) is 7.76. The van der Waals surface area contributed by atoms with Crippen LogP contribution in [0.4, 0.5) is 5.69 Å². The highest BCUT2D eigenvalue weighted by atomic mass is 79.9. The number of aromatic nitrogens is 2. The van der Waals surface area contributed by atoms with Crippen molar-refractivity contribution in [2.24, 2.45) is 0 Å². The number of anilines is 1. The van der Waals surface area contributed by atoms with Crippen molar-refractivity contribution in [3.05, 3.63) is 111 Å². The Balaban J connectivity index is 0.00000270. The molecule has 13 heteroatoms. The summed E-state index contributed by atoms with van der Waals surface area (Å²) in [7, 11) is 5.81. The molecule has 0 saturated carbocycles. The molecule has 254 valence electrons. The first-order chi connectivity index (χ1) is 22.8. The normalized spacial score (nSPS) is 10.6. The molecule has 0 spiro atoms. The Morgan fingerprint density at radius 3 is 2.06 bits per heavy atom. The Hall–Kier alpha value is -4.97. The van der Waals surface area contributed by atoms with E-state index in [9.17, 15) is 9.59 Å². The van der Waals surface area contributed by atoms with Gasteiger partial charge in [0.25, 0.3) is 5.56 Å². The molecule has 0 unspecified atom stereocenters. The predicted octanol–water partition coefficient (Wildman–Crippen LogP) is 7.79. The van der Waals surface area contributed by atoms with Crippen molar-refractivity contribution in [3.8, 4) is 39.8 Å². The molecule has 0 aliphatic carbocycles. The molecule has 4 aromatic carbocycles. The van der Waals surface area contributed by atoms with Crippen molar-refractivity contribution in [1.82, 2.24) is 9.55 Å². The van der Waals surface area contributed by atoms with Crippen molar-refractivity contribution < 1.29 is 28.5 Å². The number of nitrogens with zero attached hydrogens (tertiary/aromatic N) is 2. The van der Waals surface area contributed by atoms with Gasteiger partial charge in [-0.15, -0.1) is 24.8 Å². The van der Waals surface area contributed by atoms with Gasteiger partial charge in [0.15, 0.2) is 11.5 Å². The number of para-hydroxylation sites is 1. The minimum absolute atomic E-state index is 0. The zero-order chi connectivity index (χ0) is 33.2. The minimum Gasteiger partial charge on any atom is -0.495 e. The van der Waals surface area contributed by atoms with E-state index in [1.807, 2.05) is 36.4 Å². The van der Waals surface area contributed by atoms with Crippen LogP contribution in [0.5, 0.6) is 23.0 Å². The van der Waals surface area contributed by atoms with Crippen molar-refractivity contribution in [3.63, 3.8) is 0 Å². The number of fused-ring (bicyclic) bond motifs is 2. The van der Waals surface area contributed by atoms with E-state index in [-0.39, 0.29) is 42.5 Å². The number of ether oxygens (including phenoxy) is 5. The fourth-order valence-electron chi connectivity index (χ4n) is 5.48. The lowest BCUT2D eigenvalue weighted by Crippen LogP contribution is -2.27. The molecule has 0 aliphatic heterocycles. The van der Waals surface area contributed by atoms with Crippen molar-refractivity contribution >= 4 is 74.1 Å². The van der Waals surface area contributed by atoms with E-state index in [4.69, 9.17) is 34.4 Å². The standard InChI is InChI=1S/C36H30BrN3O7.2ClH/c1-43-28-17-25-26(18-29(28)47-19-23-12-9-20-7-5-6-8-27(20)39-23)35(41)40(24-13-10-22(38)11-14-24)34(36(42)46-4)32(25)21-15-30(44-2)33(37)31(16-21)45-3;;/h5-18H,19,38H2,1-4H3;2*1H. The Bertz CT molecular complexity index is 2200. The average molecular weight is 769 g/mol. The molecule has 2 aromatic heterocycles. The van der Waals surface area contributed by atoms with Gasteiger partial charge in [0.1, 0.15) is 28.3 Å². The summed E-state index contributed by atoms with van der Waals surface area (Å²) in [4.78, 5) is 32.8. The van der Waals surface area contributed by atoms with Gasteiger partial charge in [-0.25, -0.2) is 9.78 Å². The number of nitrogen functional groups attached to an aromatic ring is 1. The molecule has 0 fully saturated rings. The molecule has 0 radical (unpaired) electrons. The second kappa shape index (κ2) is 15.5. The van der Waals surface area contributed by atoms with E-state index in [0.717, 1.165) is 10.9 Å². The lowest BCUT2D eigenvalue weighted by Gasteiger charge is -2.21. The summed E-state index contributed by atoms with van der Waals surface area (Å²) >= 11 is 3.52. The molecule has 0 aliphatic rings. The second-order valence-corrected chi connectivity index (χ2v) is 11.3. The molecule has 0 bridgehead atoms. The number of pyridine rings is 2. The zero-order valence-electron chi connectivity index (χ0n) is 26.8. The largest absolute Gasteiger partial charge is 0.495 e. The first-order valence-electron chi connectivity index (χ1n) is 14.4. The molecular formula is C36H32BrCl2N3O7. The average Bonchev–Trinajstić information content (AvgIpc) is 3.10. The SMILES string of the molecule is COC(=O)c1c(-c2cc(OC)c(Br)c(OC)c2)c2cc(OC)c(OCc3ccc4ccccc4n3)cc2c(=O)n1-c1ccc(N)cc1.Cl.Cl. The van der Waals surface area contributed by atoms with Crippen LogP contribution in [0.1, 0.15) is 16.2 Å². The fourth-order valence-corrected chi connectivity index (χ4v) is 6.04. The molecule has 0 saturated heterocycles. The number of hydrogen-bond acceptors (Lipinski definition) is 9. The van der Waals surface area contributed by atoms with E-state index in [2.05, 4.69) is 15.9 Å². The number of carbonyl (C=O) groups excluding carboxylic acids is 1. The van der Waals surface area contributed by atoms with Crippen LogP contribution in [0, 0.1) is 0 Å². The smallest absolute Gasteiger partial charge is 0.355 e. The van der Waals surface area contributed by atoms with Crippen LogP contribution >= 0.6 is 40.7 Å². The Labute approximate surface area is 302 Å². The Morgan fingerprint density at radius 2 is 1.43 bits per heavy atom. The maximum Gasteiger partial charge on any atom is 0.355 e. The van der Waals surface area contributed by atoms with E-state index < -0.39 is 11.5 Å². The van der Waals surface area contributed by atoms with Crippen LogP contribution in [-0.2, 0) is 11.3 Å². The lowest BCUT2D eigenvalue weighted by atomic mass is 9.95. The van der Waals surface area contributed by atoms with Gasteiger partial charge in [-0.05, 0) is 82.2 Å². The lowest BCUT2D eigenvalue weighted by molar-refractivity contribution is 0.0591. The Morgan fingerprint density at radius 1 is 0.796 bits per heavy atom. The fraction of sp³-hybridized carbons (Fsp3) is 0.139. The summed E-state index contributed by atoms with van der Waals surface area (Å²) in [6.07, 6.45) is 0. The van der Waals surface area contributed by atoms with Crippen LogP contribution in [0.3, 0.4) is 0 Å². The number of esters is 1. The molecule has 0 atom stereocenters. The maximum absolute atomic E-state index is 14.5. The van der Waals surface area contributed by atoms with Crippen molar-refractivity contribution in [2.45, 2.75) is 6.61 Å². The molecule has 6 aromatic rings. The van der Waals surface area contributed by atoms with E-state index >= 15 is 0 Å². The monoisotopic (exact) mass is 767 g/mol. The molecule has 6 rings (SSSR count). The van der Waals surface area contributed by atoms with Gasteiger partial charge >= 0.3 is 5.97 Å². The van der Waals surface area contributed by atoms with Gasteiger partial charge in [-0.2, -0.15) is 0 Å². The summed E-state index contributed by atoms with van der Waals surface area (Å²) in [5.74, 6) is 0.819. The number of nitrogens with two attached hydrogens (primary N) is 1. The van der Waals surface area contributed by atoms with Crippen molar-refractivity contribution in [1.29, 1.82) is 0 Å². The molecule has 2 heterocycles. The first-order valence-corrected chi connectivity index (χ1v) is 15.2. The third-order valence-corrected chi connectivity index (χ3v) is 8.54. The summed E-state index contributed by atoms with van der Waals surface area (Å²) in [6, 6.07) is 25.1. The van der Waals surface area contributed by atoms with E-state index in [0.29, 0.717) is 61.1 Å². The van der Waals surface area contributed by atoms with Crippen LogP contribution in [-0.4, -0.2) is 44.0 Å². The number of rotatable bonds is 9. The van der Waals surface area contributed by atoms with Crippen LogP contribution < -0.4 is 30.2 Å². The van der Waals surface area contributed by atoms with Gasteiger partial charge in [0, 0.05) is 27.7 Å². The molecule has 49 heavy (non-hydrogen) atoms. The summed E-state index contributed by atoms with van der Waals surface area (Å²) in [6.45, 7) is 0.118. The van der Waals surface area contributed by atoms with Gasteiger partial charge < -0.3 is 29.4 Å². The van der Waals surface area contributed by atoms with Crippen LogP contribution in [0.15, 0.2) is 94.2 Å². The molecular weight excluding hydrogens is 737 g/mol. The quantitative estimate of drug-likeness (QED) is 0.116. The van der Waals surface area contributed by atoms with Crippen LogP contribution in [0.25, 0.3) is 38.5 Å². The number of hydrogen-bond donors (Lipinski definition) is 1.